The van der Waals surface area contributed by atoms with Crippen LogP contribution in [-0.4, -0.2) is 58.3 Å². The number of hydrogen-bond donors (Lipinski definition) is 1. The number of urea groups is 1. The van der Waals surface area contributed by atoms with Crippen LogP contribution < -0.4 is 5.32 Å². The largest absolute Gasteiger partial charge is 0.338 e. The summed E-state index contributed by atoms with van der Waals surface area (Å²) >= 11 is 3.38. The van der Waals surface area contributed by atoms with Crippen molar-refractivity contribution < 1.29 is 9.59 Å². The summed E-state index contributed by atoms with van der Waals surface area (Å²) in [6.07, 6.45) is 0. The van der Waals surface area contributed by atoms with E-state index in [4.69, 9.17) is 0 Å². The summed E-state index contributed by atoms with van der Waals surface area (Å²) in [5, 5.41) is 2.80. The number of rotatable bonds is 1. The Balaban J connectivity index is 2.02. The Hall–Kier alpha value is -0.780. The van der Waals surface area contributed by atoms with E-state index in [1.54, 1.807) is 0 Å². The lowest BCUT2D eigenvalue weighted by Crippen LogP contribution is -2.56. The number of amides is 3. The van der Waals surface area contributed by atoms with Crippen molar-refractivity contribution in [2.24, 2.45) is 0 Å². The maximum Gasteiger partial charge on any atom is 0.317 e. The normalized spacial score (nSPS) is 25.4. The number of halogens is 1. The lowest BCUT2D eigenvalue weighted by Gasteiger charge is -2.38. The Morgan fingerprint density at radius 3 is 2.81 bits per heavy atom. The minimum Gasteiger partial charge on any atom is -0.338 e. The Kier molecular flexibility index (Phi) is 2.86. The van der Waals surface area contributed by atoms with Gasteiger partial charge in [-0.25, -0.2) is 4.79 Å². The second kappa shape index (κ2) is 3.91. The van der Waals surface area contributed by atoms with Gasteiger partial charge in [-0.2, -0.15) is 0 Å². The molecule has 2 rings (SSSR count). The predicted molar refractivity (Wildman–Crippen MR) is 63.5 cm³/mol. The van der Waals surface area contributed by atoms with Crippen LogP contribution in [0.25, 0.3) is 0 Å². The minimum absolute atomic E-state index is 0.00444. The van der Waals surface area contributed by atoms with Crippen LogP contribution in [0.15, 0.2) is 0 Å². The molecule has 2 fully saturated rings. The van der Waals surface area contributed by atoms with Crippen LogP contribution in [0.2, 0.25) is 0 Å². The molecule has 0 aromatic rings. The van der Waals surface area contributed by atoms with Crippen molar-refractivity contribution in [2.45, 2.75) is 24.2 Å². The summed E-state index contributed by atoms with van der Waals surface area (Å²) in [6, 6.07) is 0.134. The van der Waals surface area contributed by atoms with E-state index >= 15 is 0 Å². The molecule has 3 amide bonds. The van der Waals surface area contributed by atoms with Crippen LogP contribution in [0.4, 0.5) is 4.79 Å². The van der Waals surface area contributed by atoms with Crippen molar-refractivity contribution in [2.75, 3.05) is 26.2 Å². The summed E-state index contributed by atoms with van der Waals surface area (Å²) in [5.41, 5.74) is 0. The Bertz CT molecular complexity index is 327. The minimum atomic E-state index is -0.523. The fourth-order valence-electron chi connectivity index (χ4n) is 2.16. The summed E-state index contributed by atoms with van der Waals surface area (Å²) in [6.45, 7) is 6.22. The number of carbonyl (C=O) groups excluding carboxylic acids is 2. The Morgan fingerprint density at radius 1 is 1.50 bits per heavy atom. The fourth-order valence-corrected chi connectivity index (χ4v) is 2.42. The summed E-state index contributed by atoms with van der Waals surface area (Å²) in [4.78, 5) is 27.1. The lowest BCUT2D eigenvalue weighted by molar-refractivity contribution is -0.134. The highest BCUT2D eigenvalue weighted by molar-refractivity contribution is 9.10. The molecule has 1 atom stereocenters. The highest BCUT2D eigenvalue weighted by atomic mass is 79.9. The maximum absolute atomic E-state index is 12.0. The number of nitrogens with zero attached hydrogens (tertiary/aromatic N) is 2. The van der Waals surface area contributed by atoms with Crippen LogP contribution >= 0.6 is 15.9 Å². The topological polar surface area (TPSA) is 52.7 Å². The zero-order chi connectivity index (χ0) is 11.9. The molecule has 1 unspecified atom stereocenters. The van der Waals surface area contributed by atoms with Crippen molar-refractivity contribution in [3.05, 3.63) is 0 Å². The smallest absolute Gasteiger partial charge is 0.317 e. The molecule has 0 bridgehead atoms. The molecule has 0 aromatic carbocycles. The van der Waals surface area contributed by atoms with Gasteiger partial charge in [-0.05, 0) is 13.8 Å². The molecule has 2 aliphatic rings. The molecule has 0 radical (unpaired) electrons. The van der Waals surface area contributed by atoms with Crippen molar-refractivity contribution in [3.8, 4) is 0 Å². The van der Waals surface area contributed by atoms with Gasteiger partial charge in [-0.1, -0.05) is 15.9 Å². The summed E-state index contributed by atoms with van der Waals surface area (Å²) < 4.78 is -0.523. The first-order valence-corrected chi connectivity index (χ1v) is 6.21. The molecule has 0 aromatic heterocycles. The third kappa shape index (κ3) is 2.03. The zero-order valence-corrected chi connectivity index (χ0v) is 11.1. The van der Waals surface area contributed by atoms with Gasteiger partial charge in [-0.15, -0.1) is 0 Å². The van der Waals surface area contributed by atoms with E-state index < -0.39 is 4.32 Å². The average molecular weight is 290 g/mol. The van der Waals surface area contributed by atoms with Crippen molar-refractivity contribution in [3.63, 3.8) is 0 Å². The van der Waals surface area contributed by atoms with Gasteiger partial charge in [0.05, 0.1) is 10.4 Å². The third-order valence-corrected chi connectivity index (χ3v) is 3.37. The first kappa shape index (κ1) is 11.7. The molecule has 0 spiro atoms. The highest BCUT2D eigenvalue weighted by Crippen LogP contribution is 2.22. The molecular weight excluding hydrogens is 274 g/mol. The fraction of sp³-hybridized carbons (Fsp3) is 0.800. The van der Waals surface area contributed by atoms with E-state index in [0.717, 1.165) is 0 Å². The van der Waals surface area contributed by atoms with Crippen LogP contribution in [0.5, 0.6) is 0 Å². The molecule has 5 nitrogen and oxygen atoms in total. The van der Waals surface area contributed by atoms with Gasteiger partial charge in [0.1, 0.15) is 0 Å². The summed E-state index contributed by atoms with van der Waals surface area (Å²) in [5.74, 6) is 0.0894. The number of carbonyl (C=O) groups is 2. The molecule has 2 heterocycles. The van der Waals surface area contributed by atoms with E-state index in [1.165, 1.54) is 0 Å². The van der Waals surface area contributed by atoms with Crippen LogP contribution in [-0.2, 0) is 4.79 Å². The van der Waals surface area contributed by atoms with E-state index in [9.17, 15) is 9.59 Å². The van der Waals surface area contributed by atoms with Crippen molar-refractivity contribution in [1.82, 2.24) is 15.1 Å². The predicted octanol–water partition coefficient (Wildman–Crippen LogP) is 0.396. The van der Waals surface area contributed by atoms with Crippen LogP contribution in [0.1, 0.15) is 13.8 Å². The first-order valence-electron chi connectivity index (χ1n) is 5.42. The van der Waals surface area contributed by atoms with Gasteiger partial charge < -0.3 is 15.1 Å². The monoisotopic (exact) mass is 289 g/mol. The summed E-state index contributed by atoms with van der Waals surface area (Å²) in [7, 11) is 0. The van der Waals surface area contributed by atoms with Gasteiger partial charge in [0.25, 0.3) is 0 Å². The number of fused-ring (bicyclic) bond motifs is 1. The first-order chi connectivity index (χ1) is 7.39. The second-order valence-corrected chi connectivity index (χ2v) is 6.74. The van der Waals surface area contributed by atoms with E-state index in [1.807, 2.05) is 23.6 Å². The second-order valence-electron chi connectivity index (χ2n) is 4.76. The Labute approximate surface area is 103 Å². The molecule has 2 aliphatic heterocycles. The number of piperazine rings is 1. The van der Waals surface area contributed by atoms with Crippen molar-refractivity contribution >= 4 is 27.9 Å². The maximum atomic E-state index is 12.0. The molecule has 6 heteroatoms. The number of hydrogen-bond acceptors (Lipinski definition) is 2. The zero-order valence-electron chi connectivity index (χ0n) is 9.49. The third-order valence-electron chi connectivity index (χ3n) is 3.03. The molecule has 0 aliphatic carbocycles. The van der Waals surface area contributed by atoms with Gasteiger partial charge in [0, 0.05) is 26.2 Å². The molecular formula is C10H16BrN3O2. The number of alkyl halides is 1. The molecule has 2 saturated heterocycles. The van der Waals surface area contributed by atoms with E-state index in [0.29, 0.717) is 26.2 Å². The highest BCUT2D eigenvalue weighted by Gasteiger charge is 2.39. The van der Waals surface area contributed by atoms with E-state index in [-0.39, 0.29) is 18.0 Å². The van der Waals surface area contributed by atoms with Gasteiger partial charge >= 0.3 is 6.03 Å². The molecule has 0 saturated carbocycles. The standard InChI is InChI=1S/C10H16BrN3O2/c1-10(2,11)8(15)13-3-4-14-7(6-13)5-12-9(14)16/h7H,3-6H2,1-2H3,(H,12,16). The van der Waals surface area contributed by atoms with Crippen molar-refractivity contribution in [1.29, 1.82) is 0 Å². The van der Waals surface area contributed by atoms with Gasteiger partial charge in [-0.3, -0.25) is 4.79 Å². The van der Waals surface area contributed by atoms with E-state index in [2.05, 4.69) is 21.2 Å². The SMILES string of the molecule is CC(C)(Br)C(=O)N1CCN2C(=O)NCC2C1. The van der Waals surface area contributed by atoms with Gasteiger partial charge in [0.15, 0.2) is 0 Å². The average Bonchev–Trinajstić information content (AvgIpc) is 2.57. The Morgan fingerprint density at radius 2 is 2.19 bits per heavy atom. The number of nitrogens with one attached hydrogen (secondary N) is 1. The quantitative estimate of drug-likeness (QED) is 0.711. The van der Waals surface area contributed by atoms with Crippen LogP contribution in [0, 0.1) is 0 Å². The molecule has 16 heavy (non-hydrogen) atoms. The van der Waals surface area contributed by atoms with Crippen LogP contribution in [0.3, 0.4) is 0 Å². The molecule has 90 valence electrons. The lowest BCUT2D eigenvalue weighted by atomic mass is 10.1. The van der Waals surface area contributed by atoms with Gasteiger partial charge in [0.2, 0.25) is 5.91 Å². The molecule has 1 N–H and O–H groups in total.